The molecule has 3 heterocycles. The summed E-state index contributed by atoms with van der Waals surface area (Å²) in [6, 6.07) is 0.398. The highest BCUT2D eigenvalue weighted by atomic mass is 16.5. The van der Waals surface area contributed by atoms with Crippen LogP contribution in [0.3, 0.4) is 0 Å². The van der Waals surface area contributed by atoms with E-state index in [1.807, 2.05) is 6.92 Å². The summed E-state index contributed by atoms with van der Waals surface area (Å²) < 4.78 is 11.4. The van der Waals surface area contributed by atoms with Gasteiger partial charge in [0.1, 0.15) is 0 Å². The number of hydrogen-bond donors (Lipinski definition) is 1. The van der Waals surface area contributed by atoms with Crippen molar-refractivity contribution in [1.82, 2.24) is 10.2 Å². The summed E-state index contributed by atoms with van der Waals surface area (Å²) in [4.78, 5) is 14.1. The third kappa shape index (κ3) is 5.16. The summed E-state index contributed by atoms with van der Waals surface area (Å²) in [5, 5.41) is 3.15. The maximum atomic E-state index is 11.6. The molecule has 3 aliphatic heterocycles. The van der Waals surface area contributed by atoms with E-state index < -0.39 is 0 Å². The molecule has 0 bridgehead atoms. The van der Waals surface area contributed by atoms with E-state index in [1.165, 1.54) is 25.8 Å². The van der Waals surface area contributed by atoms with Gasteiger partial charge < -0.3 is 14.8 Å². The van der Waals surface area contributed by atoms with Crippen molar-refractivity contribution in [3.8, 4) is 0 Å². The fraction of sp³-hybridized carbons (Fsp3) is 0.944. The second kappa shape index (κ2) is 8.45. The molecule has 3 unspecified atom stereocenters. The predicted octanol–water partition coefficient (Wildman–Crippen LogP) is 1.81. The van der Waals surface area contributed by atoms with Crippen molar-refractivity contribution >= 4 is 5.91 Å². The minimum Gasteiger partial charge on any atom is -0.379 e. The quantitative estimate of drug-likeness (QED) is 0.809. The number of hydrogen-bond acceptors (Lipinski definition) is 4. The van der Waals surface area contributed by atoms with E-state index in [1.54, 1.807) is 0 Å². The Bertz CT molecular complexity index is 384. The fourth-order valence-corrected chi connectivity index (χ4v) is 4.24. The zero-order valence-corrected chi connectivity index (χ0v) is 14.5. The van der Waals surface area contributed by atoms with Crippen LogP contribution in [0.5, 0.6) is 0 Å². The molecule has 4 atom stereocenters. The molecular formula is C18H32N2O3. The number of nitrogens with zero attached hydrogens (tertiary/aromatic N) is 1. The molecule has 0 aromatic heterocycles. The number of ether oxygens (including phenoxy) is 2. The number of carbonyl (C=O) groups is 1. The predicted molar refractivity (Wildman–Crippen MR) is 89.3 cm³/mol. The highest BCUT2D eigenvalue weighted by molar-refractivity contribution is 5.80. The third-order valence-electron chi connectivity index (χ3n) is 5.63. The number of carbonyl (C=O) groups excluding carboxylic acids is 1. The van der Waals surface area contributed by atoms with Crippen LogP contribution in [-0.2, 0) is 14.3 Å². The van der Waals surface area contributed by atoms with E-state index in [4.69, 9.17) is 9.47 Å². The lowest BCUT2D eigenvalue weighted by molar-refractivity contribution is -0.122. The van der Waals surface area contributed by atoms with Gasteiger partial charge in [-0.2, -0.15) is 0 Å². The van der Waals surface area contributed by atoms with Crippen molar-refractivity contribution < 1.29 is 14.3 Å². The van der Waals surface area contributed by atoms with Gasteiger partial charge in [0.05, 0.1) is 19.3 Å². The minimum atomic E-state index is 0.198. The highest BCUT2D eigenvalue weighted by Crippen LogP contribution is 2.29. The van der Waals surface area contributed by atoms with E-state index >= 15 is 0 Å². The van der Waals surface area contributed by atoms with Gasteiger partial charge >= 0.3 is 0 Å². The minimum absolute atomic E-state index is 0.198. The number of amides is 1. The van der Waals surface area contributed by atoms with Crippen LogP contribution in [0, 0.1) is 11.8 Å². The van der Waals surface area contributed by atoms with Gasteiger partial charge in [0.25, 0.3) is 0 Å². The maximum absolute atomic E-state index is 11.6. The second-order valence-electron chi connectivity index (χ2n) is 7.56. The van der Waals surface area contributed by atoms with Gasteiger partial charge in [-0.05, 0) is 51.0 Å². The smallest absolute Gasteiger partial charge is 0.223 e. The van der Waals surface area contributed by atoms with Crippen LogP contribution in [0.15, 0.2) is 0 Å². The SMILES string of the molecule is C[C@H]1CC(CC2CCOC(CCCN3CCOCC3)C2)NC1=O. The largest absolute Gasteiger partial charge is 0.379 e. The molecule has 3 saturated heterocycles. The van der Waals surface area contributed by atoms with Gasteiger partial charge in [0.2, 0.25) is 5.91 Å². The Hall–Kier alpha value is -0.650. The van der Waals surface area contributed by atoms with Crippen molar-refractivity contribution in [2.45, 2.75) is 57.6 Å². The van der Waals surface area contributed by atoms with Crippen LogP contribution in [0.2, 0.25) is 0 Å². The molecule has 0 aliphatic carbocycles. The van der Waals surface area contributed by atoms with E-state index in [9.17, 15) is 4.79 Å². The van der Waals surface area contributed by atoms with Gasteiger partial charge in [-0.3, -0.25) is 9.69 Å². The zero-order chi connectivity index (χ0) is 16.1. The monoisotopic (exact) mass is 324 g/mol. The van der Waals surface area contributed by atoms with Crippen molar-refractivity contribution in [3.05, 3.63) is 0 Å². The summed E-state index contributed by atoms with van der Waals surface area (Å²) in [5.74, 6) is 1.15. The summed E-state index contributed by atoms with van der Waals surface area (Å²) in [7, 11) is 0. The van der Waals surface area contributed by atoms with Crippen molar-refractivity contribution in [2.24, 2.45) is 11.8 Å². The Morgan fingerprint density at radius 3 is 2.78 bits per heavy atom. The summed E-state index contributed by atoms with van der Waals surface area (Å²) in [6.07, 6.45) is 7.28. The number of nitrogens with one attached hydrogen (secondary N) is 1. The summed E-state index contributed by atoms with van der Waals surface area (Å²) >= 11 is 0. The van der Waals surface area contributed by atoms with Crippen LogP contribution < -0.4 is 5.32 Å². The molecule has 1 N–H and O–H groups in total. The molecule has 0 radical (unpaired) electrons. The lowest BCUT2D eigenvalue weighted by Gasteiger charge is -2.32. The Balaban J connectivity index is 1.34. The van der Waals surface area contributed by atoms with Gasteiger partial charge in [-0.25, -0.2) is 0 Å². The second-order valence-corrected chi connectivity index (χ2v) is 7.56. The highest BCUT2D eigenvalue weighted by Gasteiger charge is 2.32. The molecule has 0 aromatic carbocycles. The molecule has 1 amide bonds. The molecule has 3 fully saturated rings. The lowest BCUT2D eigenvalue weighted by atomic mass is 9.87. The van der Waals surface area contributed by atoms with Gasteiger partial charge in [-0.15, -0.1) is 0 Å². The Morgan fingerprint density at radius 1 is 1.22 bits per heavy atom. The Labute approximate surface area is 140 Å². The molecule has 23 heavy (non-hydrogen) atoms. The van der Waals surface area contributed by atoms with Crippen LogP contribution in [0.1, 0.15) is 45.4 Å². The van der Waals surface area contributed by atoms with E-state index in [2.05, 4.69) is 10.2 Å². The molecule has 0 aromatic rings. The molecule has 5 heteroatoms. The van der Waals surface area contributed by atoms with Gasteiger partial charge in [-0.1, -0.05) is 6.92 Å². The van der Waals surface area contributed by atoms with Crippen LogP contribution in [0.4, 0.5) is 0 Å². The van der Waals surface area contributed by atoms with Crippen molar-refractivity contribution in [2.75, 3.05) is 39.5 Å². The zero-order valence-electron chi connectivity index (χ0n) is 14.5. The fourth-order valence-electron chi connectivity index (χ4n) is 4.24. The lowest BCUT2D eigenvalue weighted by Crippen LogP contribution is -2.37. The first-order valence-electron chi connectivity index (χ1n) is 9.43. The Kier molecular flexibility index (Phi) is 6.31. The molecule has 3 aliphatic rings. The summed E-state index contributed by atoms with van der Waals surface area (Å²) in [6.45, 7) is 8.02. The molecule has 5 nitrogen and oxygen atoms in total. The normalized spacial score (nSPS) is 36.1. The standard InChI is InChI=1S/C18H32N2O3/c1-14-11-16(19-18(14)21)12-15-4-8-23-17(13-15)3-2-5-20-6-9-22-10-7-20/h14-17H,2-13H2,1H3,(H,19,21)/t14-,15?,16?,17?/m0/s1. The average molecular weight is 324 g/mol. The number of morpholine rings is 1. The summed E-state index contributed by atoms with van der Waals surface area (Å²) in [5.41, 5.74) is 0. The van der Waals surface area contributed by atoms with Gasteiger partial charge in [0.15, 0.2) is 0 Å². The van der Waals surface area contributed by atoms with Crippen LogP contribution >= 0.6 is 0 Å². The van der Waals surface area contributed by atoms with Crippen LogP contribution in [0.25, 0.3) is 0 Å². The molecule has 132 valence electrons. The first kappa shape index (κ1) is 17.2. The van der Waals surface area contributed by atoms with E-state index in [-0.39, 0.29) is 11.8 Å². The first-order chi connectivity index (χ1) is 11.2. The maximum Gasteiger partial charge on any atom is 0.223 e. The average Bonchev–Trinajstić information content (AvgIpc) is 2.86. The number of rotatable bonds is 6. The van der Waals surface area contributed by atoms with Gasteiger partial charge in [0, 0.05) is 31.7 Å². The first-order valence-corrected chi connectivity index (χ1v) is 9.43. The van der Waals surface area contributed by atoms with Crippen molar-refractivity contribution in [1.29, 1.82) is 0 Å². The molecule has 3 rings (SSSR count). The molecular weight excluding hydrogens is 292 g/mol. The van der Waals surface area contributed by atoms with Crippen LogP contribution in [-0.4, -0.2) is 62.4 Å². The van der Waals surface area contributed by atoms with Crippen molar-refractivity contribution in [3.63, 3.8) is 0 Å². The third-order valence-corrected chi connectivity index (χ3v) is 5.63. The molecule has 0 saturated carbocycles. The Morgan fingerprint density at radius 2 is 2.04 bits per heavy atom. The topological polar surface area (TPSA) is 50.8 Å². The van der Waals surface area contributed by atoms with E-state index in [0.29, 0.717) is 18.1 Å². The van der Waals surface area contributed by atoms with E-state index in [0.717, 1.165) is 52.2 Å². The molecule has 0 spiro atoms.